The maximum absolute atomic E-state index is 10.8. The Morgan fingerprint density at radius 1 is 1.24 bits per heavy atom. The molecule has 0 bridgehead atoms. The molecule has 21 heavy (non-hydrogen) atoms. The van der Waals surface area contributed by atoms with Crippen LogP contribution in [-0.2, 0) is 0 Å². The minimum atomic E-state index is 0.290. The SMILES string of the molecule is Cc1c(Cl)cccc1Nc1nccc2nc(C=O)cnc12. The molecule has 6 heteroatoms. The monoisotopic (exact) mass is 298 g/mol. The van der Waals surface area contributed by atoms with Crippen molar-refractivity contribution in [3.63, 3.8) is 0 Å². The lowest BCUT2D eigenvalue weighted by Gasteiger charge is -2.11. The number of fused-ring (bicyclic) bond motifs is 1. The molecule has 0 aliphatic heterocycles. The second-order valence-corrected chi connectivity index (χ2v) is 4.88. The molecule has 0 saturated carbocycles. The summed E-state index contributed by atoms with van der Waals surface area (Å²) in [7, 11) is 0. The molecular weight excluding hydrogens is 288 g/mol. The lowest BCUT2D eigenvalue weighted by atomic mass is 10.2. The number of anilines is 2. The van der Waals surface area contributed by atoms with Crippen LogP contribution in [0, 0.1) is 6.92 Å². The van der Waals surface area contributed by atoms with E-state index in [-0.39, 0.29) is 0 Å². The van der Waals surface area contributed by atoms with Crippen molar-refractivity contribution in [1.82, 2.24) is 15.0 Å². The number of pyridine rings is 1. The molecular formula is C15H11ClN4O. The first-order valence-electron chi connectivity index (χ1n) is 6.28. The number of carbonyl (C=O) groups is 1. The Balaban J connectivity index is 2.08. The van der Waals surface area contributed by atoms with E-state index in [1.165, 1.54) is 6.20 Å². The van der Waals surface area contributed by atoms with E-state index in [1.807, 2.05) is 25.1 Å². The van der Waals surface area contributed by atoms with Crippen molar-refractivity contribution in [2.75, 3.05) is 5.32 Å². The average molecular weight is 299 g/mol. The quantitative estimate of drug-likeness (QED) is 0.749. The summed E-state index contributed by atoms with van der Waals surface area (Å²) in [4.78, 5) is 23.5. The van der Waals surface area contributed by atoms with Crippen LogP contribution in [0.15, 0.2) is 36.7 Å². The fourth-order valence-electron chi connectivity index (χ4n) is 1.98. The maximum Gasteiger partial charge on any atom is 0.170 e. The van der Waals surface area contributed by atoms with E-state index in [9.17, 15) is 4.79 Å². The molecule has 3 aromatic rings. The molecule has 0 aliphatic rings. The van der Waals surface area contributed by atoms with Crippen molar-refractivity contribution >= 4 is 40.4 Å². The number of aldehydes is 1. The molecule has 3 rings (SSSR count). The summed E-state index contributed by atoms with van der Waals surface area (Å²) in [6.45, 7) is 1.92. The van der Waals surface area contributed by atoms with Gasteiger partial charge in [-0.1, -0.05) is 17.7 Å². The van der Waals surface area contributed by atoms with Gasteiger partial charge in [0.2, 0.25) is 0 Å². The van der Waals surface area contributed by atoms with E-state index in [2.05, 4.69) is 20.3 Å². The number of carbonyl (C=O) groups excluding carboxylic acids is 1. The molecule has 104 valence electrons. The molecule has 5 nitrogen and oxygen atoms in total. The van der Waals surface area contributed by atoms with Crippen LogP contribution in [0.2, 0.25) is 5.02 Å². The third kappa shape index (κ3) is 2.55. The van der Waals surface area contributed by atoms with Crippen LogP contribution < -0.4 is 5.32 Å². The van der Waals surface area contributed by atoms with Crippen LogP contribution in [-0.4, -0.2) is 21.2 Å². The van der Waals surface area contributed by atoms with Crippen LogP contribution in [0.5, 0.6) is 0 Å². The summed E-state index contributed by atoms with van der Waals surface area (Å²) in [5, 5.41) is 3.88. The highest BCUT2D eigenvalue weighted by Crippen LogP contribution is 2.27. The van der Waals surface area contributed by atoms with Crippen LogP contribution >= 0.6 is 11.6 Å². The molecule has 2 aromatic heterocycles. The molecule has 0 radical (unpaired) electrons. The van der Waals surface area contributed by atoms with Gasteiger partial charge in [-0.05, 0) is 30.7 Å². The van der Waals surface area contributed by atoms with Crippen molar-refractivity contribution in [3.05, 3.63) is 52.9 Å². The number of benzene rings is 1. The van der Waals surface area contributed by atoms with Gasteiger partial charge in [0.15, 0.2) is 12.1 Å². The van der Waals surface area contributed by atoms with Gasteiger partial charge in [-0.25, -0.2) is 15.0 Å². The zero-order chi connectivity index (χ0) is 14.8. The summed E-state index contributed by atoms with van der Waals surface area (Å²) in [6.07, 6.45) is 3.71. The summed E-state index contributed by atoms with van der Waals surface area (Å²) in [5.74, 6) is 0.572. The van der Waals surface area contributed by atoms with Gasteiger partial charge < -0.3 is 5.32 Å². The molecule has 0 atom stereocenters. The number of nitrogens with zero attached hydrogens (tertiary/aromatic N) is 3. The van der Waals surface area contributed by atoms with Crippen molar-refractivity contribution in [1.29, 1.82) is 0 Å². The Labute approximate surface area is 126 Å². The minimum Gasteiger partial charge on any atom is -0.338 e. The number of halogens is 1. The largest absolute Gasteiger partial charge is 0.338 e. The highest BCUT2D eigenvalue weighted by atomic mass is 35.5. The van der Waals surface area contributed by atoms with Crippen molar-refractivity contribution in [3.8, 4) is 0 Å². The van der Waals surface area contributed by atoms with E-state index in [0.29, 0.717) is 33.9 Å². The predicted octanol–water partition coefficient (Wildman–Crippen LogP) is 3.54. The number of hydrogen-bond donors (Lipinski definition) is 1. The first-order chi connectivity index (χ1) is 10.2. The van der Waals surface area contributed by atoms with E-state index < -0.39 is 0 Å². The fourth-order valence-corrected chi connectivity index (χ4v) is 2.15. The molecule has 2 heterocycles. The zero-order valence-electron chi connectivity index (χ0n) is 11.2. The van der Waals surface area contributed by atoms with Crippen LogP contribution in [0.25, 0.3) is 11.0 Å². The third-order valence-corrected chi connectivity index (χ3v) is 3.53. The van der Waals surface area contributed by atoms with Gasteiger partial charge >= 0.3 is 0 Å². The zero-order valence-corrected chi connectivity index (χ0v) is 11.9. The topological polar surface area (TPSA) is 67.8 Å². The van der Waals surface area contributed by atoms with Gasteiger partial charge in [0.25, 0.3) is 0 Å². The summed E-state index contributed by atoms with van der Waals surface area (Å²) in [6, 6.07) is 7.31. The predicted molar refractivity (Wildman–Crippen MR) is 82.2 cm³/mol. The number of hydrogen-bond acceptors (Lipinski definition) is 5. The van der Waals surface area contributed by atoms with Gasteiger partial charge in [0.05, 0.1) is 11.7 Å². The summed E-state index contributed by atoms with van der Waals surface area (Å²) >= 11 is 6.11. The second-order valence-electron chi connectivity index (χ2n) is 4.48. The average Bonchev–Trinajstić information content (AvgIpc) is 2.51. The normalized spacial score (nSPS) is 10.6. The van der Waals surface area contributed by atoms with E-state index in [0.717, 1.165) is 11.3 Å². The first kappa shape index (κ1) is 13.5. The number of nitrogens with one attached hydrogen (secondary N) is 1. The third-order valence-electron chi connectivity index (χ3n) is 3.12. The standard InChI is InChI=1S/C15H11ClN4O/c1-9-11(16)3-2-4-12(9)20-15-14-13(5-6-17-15)19-10(8-21)7-18-14/h2-8H,1H3,(H,17,20). The summed E-state index contributed by atoms with van der Waals surface area (Å²) in [5.41, 5.74) is 3.28. The Hall–Kier alpha value is -2.53. The first-order valence-corrected chi connectivity index (χ1v) is 6.66. The summed E-state index contributed by atoms with van der Waals surface area (Å²) < 4.78 is 0. The molecule has 1 N–H and O–H groups in total. The lowest BCUT2D eigenvalue weighted by Crippen LogP contribution is -2.00. The lowest BCUT2D eigenvalue weighted by molar-refractivity contribution is 0.111. The molecule has 0 saturated heterocycles. The van der Waals surface area contributed by atoms with Crippen molar-refractivity contribution < 1.29 is 4.79 Å². The van der Waals surface area contributed by atoms with Crippen molar-refractivity contribution in [2.45, 2.75) is 6.92 Å². The molecule has 0 aliphatic carbocycles. The smallest absolute Gasteiger partial charge is 0.170 e. The Morgan fingerprint density at radius 3 is 2.90 bits per heavy atom. The molecule has 0 amide bonds. The second kappa shape index (κ2) is 5.46. The van der Waals surface area contributed by atoms with Gasteiger partial charge in [-0.15, -0.1) is 0 Å². The van der Waals surface area contributed by atoms with Gasteiger partial charge in [0, 0.05) is 16.9 Å². The molecule has 0 fully saturated rings. The van der Waals surface area contributed by atoms with Gasteiger partial charge in [-0.3, -0.25) is 4.79 Å². The highest BCUT2D eigenvalue weighted by molar-refractivity contribution is 6.31. The van der Waals surface area contributed by atoms with E-state index in [1.54, 1.807) is 12.3 Å². The minimum absolute atomic E-state index is 0.290. The number of rotatable bonds is 3. The van der Waals surface area contributed by atoms with Crippen LogP contribution in [0.4, 0.5) is 11.5 Å². The Morgan fingerprint density at radius 2 is 2.10 bits per heavy atom. The fraction of sp³-hybridized carbons (Fsp3) is 0.0667. The number of aromatic nitrogens is 3. The van der Waals surface area contributed by atoms with Crippen LogP contribution in [0.3, 0.4) is 0 Å². The van der Waals surface area contributed by atoms with E-state index >= 15 is 0 Å². The Kier molecular flexibility index (Phi) is 3.50. The maximum atomic E-state index is 10.8. The van der Waals surface area contributed by atoms with E-state index in [4.69, 9.17) is 11.6 Å². The molecule has 0 unspecified atom stereocenters. The highest BCUT2D eigenvalue weighted by Gasteiger charge is 2.08. The molecule has 1 aromatic carbocycles. The Bertz CT molecular complexity index is 835. The van der Waals surface area contributed by atoms with Gasteiger partial charge in [0.1, 0.15) is 11.2 Å². The van der Waals surface area contributed by atoms with Gasteiger partial charge in [-0.2, -0.15) is 0 Å². The molecule has 0 spiro atoms. The van der Waals surface area contributed by atoms with Crippen LogP contribution in [0.1, 0.15) is 16.1 Å². The van der Waals surface area contributed by atoms with Crippen molar-refractivity contribution in [2.24, 2.45) is 0 Å².